The molecule has 58 heavy (non-hydrogen) atoms. The molecular weight excluding hydrogens is 713 g/mol. The number of aliphatic hydroxyl groups is 1. The maximum absolute atomic E-state index is 15.4. The van der Waals surface area contributed by atoms with E-state index < -0.39 is 11.6 Å². The number of benzene rings is 9. The molecule has 3 N–H and O–H groups in total. The van der Waals surface area contributed by atoms with Crippen LogP contribution in [0.2, 0.25) is 0 Å². The molecule has 3 unspecified atom stereocenters. The van der Waals surface area contributed by atoms with Crippen LogP contribution in [0, 0.1) is 5.41 Å². The second-order valence-corrected chi connectivity index (χ2v) is 19.4. The van der Waals surface area contributed by atoms with Gasteiger partial charge in [-0.05, 0) is 196 Å². The SMILES string of the molecule is CN1CCCN(C)CCNC(O)C2(C(=O)NCC1)C1c3c4ccc5c6ccc7c8ccc9c%10ccc%11c(c%12c3c3c4c5c4c6c7c5c8c9c6c%10c%11c%12c7c3c4c5c67)C12. The molecule has 0 radical (unpaired) electrons. The van der Waals surface area contributed by atoms with Crippen molar-refractivity contribution in [1.29, 1.82) is 0 Å². The zero-order valence-corrected chi connectivity index (χ0v) is 32.1. The van der Waals surface area contributed by atoms with Gasteiger partial charge in [0.2, 0.25) is 5.91 Å². The number of carbonyl (C=O) groups excluding carboxylic acids is 1. The summed E-state index contributed by atoms with van der Waals surface area (Å²) in [6.45, 7) is 4.77. The lowest BCUT2D eigenvalue weighted by Gasteiger charge is -2.28. The number of amides is 1. The van der Waals surface area contributed by atoms with Crippen LogP contribution < -0.4 is 10.6 Å². The molecule has 3 atom stereocenters. The Kier molecular flexibility index (Phi) is 4.11. The fourth-order valence-corrected chi connectivity index (χ4v) is 15.6. The monoisotopic (exact) mass is 746 g/mol. The minimum Gasteiger partial charge on any atom is -0.377 e. The Bertz CT molecular complexity index is 3980. The largest absolute Gasteiger partial charge is 0.377 e. The third-order valence-electron chi connectivity index (χ3n) is 17.5. The van der Waals surface area contributed by atoms with Gasteiger partial charge in [0, 0.05) is 38.0 Å². The molecule has 274 valence electrons. The van der Waals surface area contributed by atoms with Gasteiger partial charge in [0.25, 0.3) is 0 Å². The van der Waals surface area contributed by atoms with Gasteiger partial charge in [-0.15, -0.1) is 0 Å². The molecule has 1 aliphatic heterocycles. The Labute approximate surface area is 328 Å². The third-order valence-corrected chi connectivity index (χ3v) is 17.5. The van der Waals surface area contributed by atoms with E-state index >= 15 is 4.79 Å². The highest BCUT2D eigenvalue weighted by Gasteiger charge is 2.76. The van der Waals surface area contributed by atoms with Crippen LogP contribution in [-0.2, 0) is 4.79 Å². The van der Waals surface area contributed by atoms with Crippen LogP contribution in [-0.4, -0.2) is 80.4 Å². The average molecular weight is 747 g/mol. The van der Waals surface area contributed by atoms with Crippen LogP contribution in [0.5, 0.6) is 0 Å². The second kappa shape index (κ2) is 8.29. The van der Waals surface area contributed by atoms with E-state index in [1.54, 1.807) is 0 Å². The van der Waals surface area contributed by atoms with Gasteiger partial charge >= 0.3 is 0 Å². The normalized spacial score (nSPS) is 25.6. The maximum atomic E-state index is 15.4. The Morgan fingerprint density at radius 3 is 1.21 bits per heavy atom. The fourth-order valence-electron chi connectivity index (χ4n) is 15.6. The molecule has 6 nitrogen and oxygen atoms in total. The summed E-state index contributed by atoms with van der Waals surface area (Å²) < 4.78 is 0. The maximum Gasteiger partial charge on any atom is 0.231 e. The number of fused-ring (bicyclic) bond motifs is 10. The lowest BCUT2D eigenvalue weighted by Crippen LogP contribution is -2.50. The van der Waals surface area contributed by atoms with E-state index in [1.807, 2.05) is 0 Å². The standard InChI is InChI=1S/C52H34N4O2/c1-55-14-3-15-56(2)17-13-54-51(58)52(50(57)53-12-16-55)48-34-24-10-8-22-20-6-4-18-19-5-7-21-23-9-11-25-33-31(23)38-29(21)27(19)36-26(18)28(20)37-30(22)32(24)39-41(34)42(35(25)49(48)52)40(33)47-45(38)43(36)44(37)46(39)47/h4-11,48-50,53,57H,3,12-17H2,1-2H3,(H,54,58). The van der Waals surface area contributed by atoms with E-state index in [-0.39, 0.29) is 17.7 Å². The van der Waals surface area contributed by atoms with Crippen molar-refractivity contribution in [2.45, 2.75) is 24.5 Å². The Balaban J connectivity index is 1.09. The third kappa shape index (κ3) is 2.40. The van der Waals surface area contributed by atoms with Crippen molar-refractivity contribution >= 4 is 157 Å². The number of likely N-dealkylation sites (N-methyl/N-ethyl adjacent to an activating group) is 2. The lowest BCUT2D eigenvalue weighted by molar-refractivity contribution is -0.132. The van der Waals surface area contributed by atoms with Crippen molar-refractivity contribution in [3.63, 3.8) is 0 Å². The minimum atomic E-state index is -1.05. The van der Waals surface area contributed by atoms with Crippen LogP contribution in [0.1, 0.15) is 29.4 Å². The molecule has 1 heterocycles. The predicted octanol–water partition coefficient (Wildman–Crippen LogP) is 9.56. The summed E-state index contributed by atoms with van der Waals surface area (Å²) >= 11 is 0. The van der Waals surface area contributed by atoms with Gasteiger partial charge in [-0.3, -0.25) is 10.1 Å². The van der Waals surface area contributed by atoms with Gasteiger partial charge in [0.05, 0.1) is 0 Å². The van der Waals surface area contributed by atoms with Gasteiger partial charge in [-0.1, -0.05) is 48.5 Å². The van der Waals surface area contributed by atoms with E-state index in [9.17, 15) is 5.11 Å². The van der Waals surface area contributed by atoms with E-state index in [2.05, 4.69) is 83.1 Å². The van der Waals surface area contributed by atoms with Crippen molar-refractivity contribution in [2.75, 3.05) is 53.4 Å². The van der Waals surface area contributed by atoms with Gasteiger partial charge < -0.3 is 20.2 Å². The number of nitrogens with one attached hydrogen (secondary N) is 2. The fraction of sp³-hybridized carbons (Fsp3) is 0.250. The highest BCUT2D eigenvalue weighted by molar-refractivity contribution is 6.69. The number of aliphatic hydroxyl groups excluding tert-OH is 1. The number of hydrogen-bond acceptors (Lipinski definition) is 5. The molecule has 2 aliphatic carbocycles. The number of carbonyl (C=O) groups is 1. The summed E-state index contributed by atoms with van der Waals surface area (Å²) in [7, 11) is 4.33. The number of hydrogen-bond donors (Lipinski definition) is 3. The van der Waals surface area contributed by atoms with E-state index in [0.29, 0.717) is 13.1 Å². The summed E-state index contributed by atoms with van der Waals surface area (Å²) in [4.78, 5) is 20.1. The lowest BCUT2D eigenvalue weighted by atomic mass is 9.88. The summed E-state index contributed by atoms with van der Waals surface area (Å²) in [5.41, 5.74) is 1.57. The van der Waals surface area contributed by atoms with Crippen molar-refractivity contribution in [1.82, 2.24) is 20.4 Å². The van der Waals surface area contributed by atoms with Crippen molar-refractivity contribution in [3.05, 3.63) is 59.7 Å². The first kappa shape index (κ1) is 28.7. The van der Waals surface area contributed by atoms with Crippen LogP contribution >= 0.6 is 0 Å². The Morgan fingerprint density at radius 2 is 0.793 bits per heavy atom. The van der Waals surface area contributed by atoms with Gasteiger partial charge in [0.15, 0.2) is 0 Å². The van der Waals surface area contributed by atoms with Crippen LogP contribution in [0.3, 0.4) is 0 Å². The Morgan fingerprint density at radius 1 is 0.466 bits per heavy atom. The highest BCUT2D eigenvalue weighted by Crippen LogP contribution is 2.80. The van der Waals surface area contributed by atoms with Crippen molar-refractivity contribution in [2.24, 2.45) is 5.41 Å². The quantitative estimate of drug-likeness (QED) is 0.135. The first-order valence-corrected chi connectivity index (χ1v) is 21.5. The molecule has 15 aromatic rings. The summed E-state index contributed by atoms with van der Waals surface area (Å²) in [6.07, 6.45) is 0.0695. The molecule has 3 aliphatic rings. The molecule has 1 saturated carbocycles. The predicted molar refractivity (Wildman–Crippen MR) is 240 cm³/mol. The molecule has 1 spiro atoms. The molecule has 0 bridgehead atoms. The van der Waals surface area contributed by atoms with E-state index in [0.717, 1.165) is 32.6 Å². The Hall–Kier alpha value is -5.63. The molecular formula is C52H34N4O2. The highest BCUT2D eigenvalue weighted by atomic mass is 16.3. The topological polar surface area (TPSA) is 67.8 Å². The van der Waals surface area contributed by atoms with Gasteiger partial charge in [-0.25, -0.2) is 0 Å². The van der Waals surface area contributed by atoms with Crippen LogP contribution in [0.4, 0.5) is 0 Å². The first-order valence-electron chi connectivity index (χ1n) is 21.5. The minimum absolute atomic E-state index is 0.0107. The second-order valence-electron chi connectivity index (χ2n) is 19.4. The molecule has 6 heteroatoms. The number of rotatable bonds is 0. The van der Waals surface area contributed by atoms with Gasteiger partial charge in [0.1, 0.15) is 11.6 Å². The van der Waals surface area contributed by atoms with Crippen molar-refractivity contribution < 1.29 is 9.90 Å². The summed E-state index contributed by atoms with van der Waals surface area (Å²) in [6, 6.07) is 19.4. The molecule has 18 rings (SSSR count). The van der Waals surface area contributed by atoms with Gasteiger partial charge in [-0.2, -0.15) is 0 Å². The van der Waals surface area contributed by atoms with Crippen molar-refractivity contribution in [3.8, 4) is 0 Å². The first-order chi connectivity index (χ1) is 28.5. The number of nitrogens with zero attached hydrogens (tertiary/aromatic N) is 2. The smallest absolute Gasteiger partial charge is 0.231 e. The summed E-state index contributed by atoms with van der Waals surface area (Å²) in [5.74, 6) is -0.311. The van der Waals surface area contributed by atoms with Crippen LogP contribution in [0.25, 0.3) is 151 Å². The van der Waals surface area contributed by atoms with E-state index in [1.165, 1.54) is 162 Å². The zero-order chi connectivity index (χ0) is 37.3. The molecule has 1 amide bonds. The average Bonchev–Trinajstić information content (AvgIpc) is 3.80. The molecule has 1 saturated heterocycles. The summed E-state index contributed by atoms with van der Waals surface area (Å²) in [5, 5.41) is 59.5. The molecule has 2 fully saturated rings. The molecule has 15 aromatic carbocycles. The molecule has 0 aromatic heterocycles. The zero-order valence-electron chi connectivity index (χ0n) is 32.1. The van der Waals surface area contributed by atoms with Crippen LogP contribution in [0.15, 0.2) is 48.5 Å². The van der Waals surface area contributed by atoms with E-state index in [4.69, 9.17) is 0 Å².